The molecule has 3 aromatic carbocycles. The Morgan fingerprint density at radius 3 is 2.35 bits per heavy atom. The van der Waals surface area contributed by atoms with Gasteiger partial charge in [-0.1, -0.05) is 42.5 Å². The van der Waals surface area contributed by atoms with Gasteiger partial charge < -0.3 is 5.73 Å². The van der Waals surface area contributed by atoms with Crippen LogP contribution in [0.2, 0.25) is 0 Å². The van der Waals surface area contributed by atoms with E-state index in [0.717, 1.165) is 10.8 Å². The number of nitrogens with two attached hydrogens (primary N) is 1. The molecule has 0 aliphatic rings. The summed E-state index contributed by atoms with van der Waals surface area (Å²) in [4.78, 5) is 11.1. The molecule has 0 bridgehead atoms. The second-order valence-electron chi connectivity index (χ2n) is 4.09. The number of carbonyl (C=O) groups is 1. The van der Waals surface area contributed by atoms with Crippen LogP contribution in [0.15, 0.2) is 54.6 Å². The van der Waals surface area contributed by atoms with Crippen molar-refractivity contribution in [1.29, 1.82) is 0 Å². The topological polar surface area (TPSA) is 43.1 Å². The maximum Gasteiger partial charge on any atom is 0.248 e. The highest BCUT2D eigenvalue weighted by Crippen LogP contribution is 2.25. The first kappa shape index (κ1) is 9.85. The summed E-state index contributed by atoms with van der Waals surface area (Å²) < 4.78 is 0. The lowest BCUT2D eigenvalue weighted by Crippen LogP contribution is -2.10. The molecule has 0 saturated heterocycles. The van der Waals surface area contributed by atoms with Crippen LogP contribution in [0.4, 0.5) is 0 Å². The Hall–Kier alpha value is -2.35. The molecule has 0 atom stereocenters. The van der Waals surface area contributed by atoms with Crippen LogP contribution < -0.4 is 5.73 Å². The summed E-state index contributed by atoms with van der Waals surface area (Å²) >= 11 is 0. The third-order valence-electron chi connectivity index (χ3n) is 3.03. The number of rotatable bonds is 1. The van der Waals surface area contributed by atoms with Crippen LogP contribution in [-0.2, 0) is 0 Å². The van der Waals surface area contributed by atoms with E-state index in [1.807, 2.05) is 30.3 Å². The van der Waals surface area contributed by atoms with Crippen LogP contribution in [0.3, 0.4) is 0 Å². The van der Waals surface area contributed by atoms with Gasteiger partial charge in [-0.25, -0.2) is 0 Å². The first-order valence-corrected chi connectivity index (χ1v) is 5.47. The van der Waals surface area contributed by atoms with E-state index >= 15 is 0 Å². The molecule has 1 amide bonds. The highest BCUT2D eigenvalue weighted by atomic mass is 16.1. The normalized spacial score (nSPS) is 10.8. The summed E-state index contributed by atoms with van der Waals surface area (Å²) in [5.41, 5.74) is 5.83. The van der Waals surface area contributed by atoms with E-state index in [1.165, 1.54) is 10.8 Å². The van der Waals surface area contributed by atoms with Crippen molar-refractivity contribution in [1.82, 2.24) is 0 Å². The van der Waals surface area contributed by atoms with Crippen molar-refractivity contribution in [3.05, 3.63) is 60.2 Å². The molecule has 2 nitrogen and oxygen atoms in total. The molecule has 0 aliphatic carbocycles. The third kappa shape index (κ3) is 1.54. The molecule has 0 unspecified atom stereocenters. The highest BCUT2D eigenvalue weighted by molar-refractivity contribution is 6.09. The molecule has 2 heteroatoms. The number of benzene rings is 3. The number of hydrogen-bond acceptors (Lipinski definition) is 1. The molecule has 17 heavy (non-hydrogen) atoms. The van der Waals surface area contributed by atoms with Crippen molar-refractivity contribution < 1.29 is 4.79 Å². The molecular formula is C15H11NO. The van der Waals surface area contributed by atoms with Crippen LogP contribution in [-0.4, -0.2) is 5.91 Å². The number of amides is 1. The molecule has 0 radical (unpaired) electrons. The standard InChI is InChI=1S/C15H11NO/c16-15(17)12-7-8-14-11(9-12)6-5-10-3-1-2-4-13(10)14/h1-9H,(H2,16,17). The second kappa shape index (κ2) is 3.59. The molecule has 0 saturated carbocycles. The summed E-state index contributed by atoms with van der Waals surface area (Å²) in [7, 11) is 0. The molecule has 0 aromatic heterocycles. The van der Waals surface area contributed by atoms with E-state index in [4.69, 9.17) is 5.73 Å². The van der Waals surface area contributed by atoms with Gasteiger partial charge >= 0.3 is 0 Å². The average Bonchev–Trinajstić information content (AvgIpc) is 2.38. The SMILES string of the molecule is NC(=O)c1ccc2c(ccc3ccccc32)c1. The number of hydrogen-bond donors (Lipinski definition) is 1. The first-order valence-electron chi connectivity index (χ1n) is 5.47. The van der Waals surface area contributed by atoms with Crippen molar-refractivity contribution in [3.63, 3.8) is 0 Å². The largest absolute Gasteiger partial charge is 0.366 e. The van der Waals surface area contributed by atoms with Gasteiger partial charge in [0.2, 0.25) is 5.91 Å². The molecule has 0 fully saturated rings. The Labute approximate surface area is 98.7 Å². The lowest BCUT2D eigenvalue weighted by atomic mass is 10.0. The quantitative estimate of drug-likeness (QED) is 0.630. The van der Waals surface area contributed by atoms with E-state index < -0.39 is 0 Å². The van der Waals surface area contributed by atoms with Gasteiger partial charge in [0.1, 0.15) is 0 Å². The first-order chi connectivity index (χ1) is 8.25. The van der Waals surface area contributed by atoms with E-state index in [0.29, 0.717) is 5.56 Å². The Morgan fingerprint density at radius 1 is 0.824 bits per heavy atom. The Morgan fingerprint density at radius 2 is 1.53 bits per heavy atom. The van der Waals surface area contributed by atoms with Gasteiger partial charge in [-0.2, -0.15) is 0 Å². The smallest absolute Gasteiger partial charge is 0.248 e. The van der Waals surface area contributed by atoms with Crippen LogP contribution in [0.5, 0.6) is 0 Å². The monoisotopic (exact) mass is 221 g/mol. The number of carbonyl (C=O) groups excluding carboxylic acids is 1. The van der Waals surface area contributed by atoms with Crippen LogP contribution in [0.1, 0.15) is 10.4 Å². The van der Waals surface area contributed by atoms with Gasteiger partial charge in [0.05, 0.1) is 0 Å². The molecule has 3 rings (SSSR count). The predicted octanol–water partition coefficient (Wildman–Crippen LogP) is 3.09. The zero-order valence-electron chi connectivity index (χ0n) is 9.18. The van der Waals surface area contributed by atoms with Crippen molar-refractivity contribution in [2.45, 2.75) is 0 Å². The summed E-state index contributed by atoms with van der Waals surface area (Å²) in [6.07, 6.45) is 0. The van der Waals surface area contributed by atoms with Crippen molar-refractivity contribution in [3.8, 4) is 0 Å². The summed E-state index contributed by atoms with van der Waals surface area (Å²) in [6, 6.07) is 17.8. The molecule has 0 heterocycles. The molecule has 0 aliphatic heterocycles. The maximum atomic E-state index is 11.1. The fourth-order valence-electron chi connectivity index (χ4n) is 2.17. The fourth-order valence-corrected chi connectivity index (χ4v) is 2.17. The highest BCUT2D eigenvalue weighted by Gasteiger charge is 2.03. The third-order valence-corrected chi connectivity index (χ3v) is 3.03. The number of primary amides is 1. The van der Waals surface area contributed by atoms with E-state index in [1.54, 1.807) is 6.07 Å². The number of fused-ring (bicyclic) bond motifs is 3. The van der Waals surface area contributed by atoms with Crippen molar-refractivity contribution in [2.24, 2.45) is 5.73 Å². The van der Waals surface area contributed by atoms with E-state index in [9.17, 15) is 4.79 Å². The minimum Gasteiger partial charge on any atom is -0.366 e. The zero-order chi connectivity index (χ0) is 11.8. The summed E-state index contributed by atoms with van der Waals surface area (Å²) in [5.74, 6) is -0.389. The van der Waals surface area contributed by atoms with Gasteiger partial charge in [0.15, 0.2) is 0 Å². The van der Waals surface area contributed by atoms with Crippen LogP contribution >= 0.6 is 0 Å². The van der Waals surface area contributed by atoms with Gasteiger partial charge in [-0.3, -0.25) is 4.79 Å². The minimum atomic E-state index is -0.389. The Kier molecular flexibility index (Phi) is 2.08. The van der Waals surface area contributed by atoms with Gasteiger partial charge in [0, 0.05) is 5.56 Å². The Balaban J connectivity index is 2.41. The Bertz CT molecular complexity index is 731. The van der Waals surface area contributed by atoms with Gasteiger partial charge in [-0.15, -0.1) is 0 Å². The molecule has 2 N–H and O–H groups in total. The van der Waals surface area contributed by atoms with Crippen molar-refractivity contribution >= 4 is 27.5 Å². The zero-order valence-corrected chi connectivity index (χ0v) is 9.18. The predicted molar refractivity (Wildman–Crippen MR) is 70.0 cm³/mol. The molecule has 3 aromatic rings. The second-order valence-corrected chi connectivity index (χ2v) is 4.09. The van der Waals surface area contributed by atoms with Gasteiger partial charge in [0.25, 0.3) is 0 Å². The van der Waals surface area contributed by atoms with E-state index in [-0.39, 0.29) is 5.91 Å². The molecular weight excluding hydrogens is 210 g/mol. The summed E-state index contributed by atoms with van der Waals surface area (Å²) in [5, 5.41) is 4.58. The lowest BCUT2D eigenvalue weighted by Gasteiger charge is -2.04. The van der Waals surface area contributed by atoms with Crippen molar-refractivity contribution in [2.75, 3.05) is 0 Å². The summed E-state index contributed by atoms with van der Waals surface area (Å²) in [6.45, 7) is 0. The average molecular weight is 221 g/mol. The molecule has 82 valence electrons. The minimum absolute atomic E-state index is 0.389. The van der Waals surface area contributed by atoms with E-state index in [2.05, 4.69) is 18.2 Å². The fraction of sp³-hybridized carbons (Fsp3) is 0. The van der Waals surface area contributed by atoms with Crippen LogP contribution in [0.25, 0.3) is 21.5 Å². The van der Waals surface area contributed by atoms with Crippen LogP contribution in [0, 0.1) is 0 Å². The maximum absolute atomic E-state index is 11.1. The lowest BCUT2D eigenvalue weighted by molar-refractivity contribution is 0.100. The van der Waals surface area contributed by atoms with Gasteiger partial charge in [-0.05, 0) is 33.7 Å². The molecule has 0 spiro atoms.